The van der Waals surface area contributed by atoms with Gasteiger partial charge in [0, 0.05) is 25.2 Å². The number of rotatable bonds is 4. The van der Waals surface area contributed by atoms with E-state index < -0.39 is 10.0 Å². The van der Waals surface area contributed by atoms with Crippen LogP contribution in [-0.2, 0) is 27.8 Å². The summed E-state index contributed by atoms with van der Waals surface area (Å²) in [5.74, 6) is 0.591. The third kappa shape index (κ3) is 3.34. The number of aromatic nitrogens is 1. The first kappa shape index (κ1) is 16.7. The highest BCUT2D eigenvalue weighted by atomic mass is 32.2. The van der Waals surface area contributed by atoms with Crippen molar-refractivity contribution in [3.63, 3.8) is 0 Å². The molecule has 1 N–H and O–H groups in total. The number of nitrogens with zero attached hydrogens (tertiary/aromatic N) is 2. The van der Waals surface area contributed by atoms with E-state index in [2.05, 4.69) is 9.88 Å². The van der Waals surface area contributed by atoms with Crippen LogP contribution in [0.15, 0.2) is 33.7 Å². The number of aryl methyl sites for hydroxylation is 2. The standard InChI is InChI=1S/C16H19N3O4S/c1-11-8-14(18-23-11)10-17-24(21,22)15-5-6-16-13(9-15)4-3-7-19(16)12(2)20/h5-6,8-9,17H,3-4,7,10H2,1-2H3. The van der Waals surface area contributed by atoms with Gasteiger partial charge in [-0.3, -0.25) is 4.79 Å². The fourth-order valence-electron chi connectivity index (χ4n) is 2.82. The maximum atomic E-state index is 12.5. The molecule has 0 saturated carbocycles. The Hall–Kier alpha value is -2.19. The van der Waals surface area contributed by atoms with E-state index in [0.717, 1.165) is 24.1 Å². The number of fused-ring (bicyclic) bond motifs is 1. The van der Waals surface area contributed by atoms with Crippen LogP contribution in [0.4, 0.5) is 5.69 Å². The molecule has 0 saturated heterocycles. The van der Waals surface area contributed by atoms with Gasteiger partial charge in [-0.1, -0.05) is 5.16 Å². The monoisotopic (exact) mass is 349 g/mol. The van der Waals surface area contributed by atoms with E-state index in [9.17, 15) is 13.2 Å². The second kappa shape index (κ2) is 6.37. The molecule has 1 aliphatic heterocycles. The van der Waals surface area contributed by atoms with E-state index in [0.29, 0.717) is 18.0 Å². The van der Waals surface area contributed by atoms with Crippen LogP contribution in [0.25, 0.3) is 0 Å². The minimum Gasteiger partial charge on any atom is -0.361 e. The molecule has 3 rings (SSSR count). The second-order valence-electron chi connectivity index (χ2n) is 5.82. The predicted molar refractivity (Wildman–Crippen MR) is 88.1 cm³/mol. The number of sulfonamides is 1. The summed E-state index contributed by atoms with van der Waals surface area (Å²) in [5.41, 5.74) is 2.19. The normalized spacial score (nSPS) is 14.5. The van der Waals surface area contributed by atoms with Gasteiger partial charge in [0.25, 0.3) is 0 Å². The van der Waals surface area contributed by atoms with Gasteiger partial charge in [0.1, 0.15) is 5.76 Å². The van der Waals surface area contributed by atoms with Gasteiger partial charge < -0.3 is 9.42 Å². The van der Waals surface area contributed by atoms with Crippen LogP contribution in [0, 0.1) is 6.92 Å². The molecule has 1 aromatic carbocycles. The van der Waals surface area contributed by atoms with Crippen molar-refractivity contribution in [1.29, 1.82) is 0 Å². The van der Waals surface area contributed by atoms with Gasteiger partial charge >= 0.3 is 0 Å². The van der Waals surface area contributed by atoms with Gasteiger partial charge in [-0.05, 0) is 43.5 Å². The molecule has 2 heterocycles. The lowest BCUT2D eigenvalue weighted by Gasteiger charge is -2.28. The highest BCUT2D eigenvalue weighted by molar-refractivity contribution is 7.89. The van der Waals surface area contributed by atoms with Crippen molar-refractivity contribution in [2.75, 3.05) is 11.4 Å². The second-order valence-corrected chi connectivity index (χ2v) is 7.59. The quantitative estimate of drug-likeness (QED) is 0.908. The van der Waals surface area contributed by atoms with E-state index >= 15 is 0 Å². The number of hydrogen-bond acceptors (Lipinski definition) is 5. The Balaban J connectivity index is 1.82. The molecule has 7 nitrogen and oxygen atoms in total. The molecule has 1 aliphatic rings. The maximum absolute atomic E-state index is 12.5. The lowest BCUT2D eigenvalue weighted by atomic mass is 10.0. The molecule has 0 unspecified atom stereocenters. The van der Waals surface area contributed by atoms with Gasteiger partial charge in [-0.2, -0.15) is 0 Å². The van der Waals surface area contributed by atoms with E-state index in [4.69, 9.17) is 4.52 Å². The number of anilines is 1. The van der Waals surface area contributed by atoms with Gasteiger partial charge in [-0.15, -0.1) is 0 Å². The summed E-state index contributed by atoms with van der Waals surface area (Å²) >= 11 is 0. The smallest absolute Gasteiger partial charge is 0.240 e. The Morgan fingerprint density at radius 3 is 2.83 bits per heavy atom. The zero-order chi connectivity index (χ0) is 17.3. The summed E-state index contributed by atoms with van der Waals surface area (Å²) < 4.78 is 32.4. The first-order valence-corrected chi connectivity index (χ1v) is 9.18. The average molecular weight is 349 g/mol. The molecule has 0 aliphatic carbocycles. The highest BCUT2D eigenvalue weighted by Gasteiger charge is 2.23. The Kier molecular flexibility index (Phi) is 4.42. The van der Waals surface area contributed by atoms with Crippen molar-refractivity contribution < 1.29 is 17.7 Å². The van der Waals surface area contributed by atoms with E-state index in [1.807, 2.05) is 0 Å². The Morgan fingerprint density at radius 1 is 1.38 bits per heavy atom. The molecule has 24 heavy (non-hydrogen) atoms. The number of amides is 1. The molecular weight excluding hydrogens is 330 g/mol. The fourth-order valence-corrected chi connectivity index (χ4v) is 3.87. The van der Waals surface area contributed by atoms with Crippen molar-refractivity contribution in [1.82, 2.24) is 9.88 Å². The van der Waals surface area contributed by atoms with Crippen molar-refractivity contribution >= 4 is 21.6 Å². The molecule has 0 fully saturated rings. The molecule has 0 radical (unpaired) electrons. The summed E-state index contributed by atoms with van der Waals surface area (Å²) in [6.45, 7) is 3.99. The average Bonchev–Trinajstić information content (AvgIpc) is 2.97. The Morgan fingerprint density at radius 2 is 2.17 bits per heavy atom. The number of benzene rings is 1. The first-order valence-electron chi connectivity index (χ1n) is 7.70. The van der Waals surface area contributed by atoms with Crippen LogP contribution in [0.2, 0.25) is 0 Å². The Labute approximate surface area is 140 Å². The third-order valence-electron chi connectivity index (χ3n) is 3.98. The zero-order valence-corrected chi connectivity index (χ0v) is 14.4. The molecule has 8 heteroatoms. The molecule has 0 atom stereocenters. The third-order valence-corrected chi connectivity index (χ3v) is 5.38. The number of nitrogens with one attached hydrogen (secondary N) is 1. The molecule has 2 aromatic rings. The Bertz CT molecular complexity index is 873. The molecule has 128 valence electrons. The maximum Gasteiger partial charge on any atom is 0.240 e. The van der Waals surface area contributed by atoms with Gasteiger partial charge in [0.15, 0.2) is 0 Å². The van der Waals surface area contributed by atoms with E-state index in [1.54, 1.807) is 30.0 Å². The lowest BCUT2D eigenvalue weighted by molar-refractivity contribution is -0.116. The SMILES string of the molecule is CC(=O)N1CCCc2cc(S(=O)(=O)NCc3cc(C)on3)ccc21. The summed E-state index contributed by atoms with van der Waals surface area (Å²) in [6, 6.07) is 6.54. The zero-order valence-electron chi connectivity index (χ0n) is 13.6. The molecule has 0 bridgehead atoms. The van der Waals surface area contributed by atoms with E-state index in [-0.39, 0.29) is 17.3 Å². The summed E-state index contributed by atoms with van der Waals surface area (Å²) in [6.07, 6.45) is 1.58. The van der Waals surface area contributed by atoms with Crippen LogP contribution in [-0.4, -0.2) is 26.0 Å². The van der Waals surface area contributed by atoms with Crippen LogP contribution < -0.4 is 9.62 Å². The van der Waals surface area contributed by atoms with Crippen LogP contribution in [0.1, 0.15) is 30.4 Å². The topological polar surface area (TPSA) is 92.5 Å². The first-order chi connectivity index (χ1) is 11.4. The lowest BCUT2D eigenvalue weighted by Crippen LogP contribution is -2.33. The summed E-state index contributed by atoms with van der Waals surface area (Å²) in [5, 5.41) is 3.77. The molecular formula is C16H19N3O4S. The van der Waals surface area contributed by atoms with Crippen LogP contribution >= 0.6 is 0 Å². The number of hydrogen-bond donors (Lipinski definition) is 1. The van der Waals surface area contributed by atoms with E-state index in [1.165, 1.54) is 13.0 Å². The number of carbonyl (C=O) groups excluding carboxylic acids is 1. The summed E-state index contributed by atoms with van der Waals surface area (Å²) in [7, 11) is -3.66. The minimum atomic E-state index is -3.66. The minimum absolute atomic E-state index is 0.0360. The van der Waals surface area contributed by atoms with Crippen molar-refractivity contribution in [2.24, 2.45) is 0 Å². The number of carbonyl (C=O) groups is 1. The van der Waals surface area contributed by atoms with Crippen molar-refractivity contribution in [3.05, 3.63) is 41.3 Å². The van der Waals surface area contributed by atoms with Gasteiger partial charge in [0.05, 0.1) is 17.1 Å². The van der Waals surface area contributed by atoms with Gasteiger partial charge in [0.2, 0.25) is 15.9 Å². The molecule has 1 aromatic heterocycles. The van der Waals surface area contributed by atoms with Crippen LogP contribution in [0.3, 0.4) is 0 Å². The molecule has 0 spiro atoms. The predicted octanol–water partition coefficient (Wildman–Crippen LogP) is 1.76. The fraction of sp³-hybridized carbons (Fsp3) is 0.375. The largest absolute Gasteiger partial charge is 0.361 e. The van der Waals surface area contributed by atoms with Crippen LogP contribution in [0.5, 0.6) is 0 Å². The highest BCUT2D eigenvalue weighted by Crippen LogP contribution is 2.29. The molecule has 1 amide bonds. The van der Waals surface area contributed by atoms with Crippen molar-refractivity contribution in [3.8, 4) is 0 Å². The van der Waals surface area contributed by atoms with Crippen molar-refractivity contribution in [2.45, 2.75) is 38.1 Å². The summed E-state index contributed by atoms with van der Waals surface area (Å²) in [4.78, 5) is 13.6. The van der Waals surface area contributed by atoms with Gasteiger partial charge in [-0.25, -0.2) is 13.1 Å².